The van der Waals surface area contributed by atoms with Crippen LogP contribution >= 0.6 is 0 Å². The predicted molar refractivity (Wildman–Crippen MR) is 74.5 cm³/mol. The Morgan fingerprint density at radius 3 is 2.58 bits per heavy atom. The second-order valence-electron chi connectivity index (χ2n) is 4.03. The summed E-state index contributed by atoms with van der Waals surface area (Å²) in [6, 6.07) is 13.9. The third-order valence-electron chi connectivity index (χ3n) is 2.68. The summed E-state index contributed by atoms with van der Waals surface area (Å²) in [6.45, 7) is 0. The van der Waals surface area contributed by atoms with Gasteiger partial charge in [-0.2, -0.15) is 15.3 Å². The highest BCUT2D eigenvalue weighted by atomic mass is 15.3. The minimum absolute atomic E-state index is 0.903. The summed E-state index contributed by atoms with van der Waals surface area (Å²) < 4.78 is 1.85. The van der Waals surface area contributed by atoms with Gasteiger partial charge in [0.2, 0.25) is 0 Å². The molecule has 0 bridgehead atoms. The van der Waals surface area contributed by atoms with Crippen molar-refractivity contribution in [2.24, 2.45) is 0 Å². The standard InChI is InChI=1S/C15H12N4/c1-2-4-15(5-3-1)19-11-9-14(18-19)7-6-13-8-10-16-17-12-13/h1-12H. The maximum absolute atomic E-state index is 4.49. The van der Waals surface area contributed by atoms with E-state index in [0.29, 0.717) is 0 Å². The maximum atomic E-state index is 4.49. The first-order valence-corrected chi connectivity index (χ1v) is 5.98. The SMILES string of the molecule is C(=Cc1ccn(-c2ccccc2)n1)c1ccnnc1. The quantitative estimate of drug-likeness (QED) is 0.715. The van der Waals surface area contributed by atoms with Crippen molar-refractivity contribution >= 4 is 12.2 Å². The maximum Gasteiger partial charge on any atom is 0.0855 e. The Morgan fingerprint density at radius 1 is 0.895 bits per heavy atom. The molecule has 4 nitrogen and oxygen atoms in total. The number of hydrogen-bond donors (Lipinski definition) is 0. The fraction of sp³-hybridized carbons (Fsp3) is 0. The van der Waals surface area contributed by atoms with Crippen LogP contribution in [0.2, 0.25) is 0 Å². The van der Waals surface area contributed by atoms with Crippen molar-refractivity contribution in [2.75, 3.05) is 0 Å². The number of nitrogens with zero attached hydrogens (tertiary/aromatic N) is 4. The number of para-hydroxylation sites is 1. The number of aromatic nitrogens is 4. The minimum atomic E-state index is 0.903. The van der Waals surface area contributed by atoms with Gasteiger partial charge >= 0.3 is 0 Å². The van der Waals surface area contributed by atoms with Crippen LogP contribution in [0.5, 0.6) is 0 Å². The molecule has 19 heavy (non-hydrogen) atoms. The van der Waals surface area contributed by atoms with Gasteiger partial charge in [0.1, 0.15) is 0 Å². The molecule has 3 aromatic rings. The molecule has 0 atom stereocenters. The van der Waals surface area contributed by atoms with E-state index < -0.39 is 0 Å². The van der Waals surface area contributed by atoms with E-state index in [-0.39, 0.29) is 0 Å². The van der Waals surface area contributed by atoms with Gasteiger partial charge in [-0.25, -0.2) is 4.68 Å². The highest BCUT2D eigenvalue weighted by Crippen LogP contribution is 2.09. The lowest BCUT2D eigenvalue weighted by Crippen LogP contribution is -1.93. The van der Waals surface area contributed by atoms with Crippen molar-refractivity contribution in [1.82, 2.24) is 20.0 Å². The summed E-state index contributed by atoms with van der Waals surface area (Å²) in [6.07, 6.45) is 9.25. The van der Waals surface area contributed by atoms with Crippen molar-refractivity contribution in [2.45, 2.75) is 0 Å². The summed E-state index contributed by atoms with van der Waals surface area (Å²) in [5.41, 5.74) is 2.96. The van der Waals surface area contributed by atoms with Crippen molar-refractivity contribution in [3.8, 4) is 5.69 Å². The summed E-state index contributed by atoms with van der Waals surface area (Å²) >= 11 is 0. The Hall–Kier alpha value is -2.75. The Labute approximate surface area is 111 Å². The molecule has 1 aromatic carbocycles. The molecule has 0 unspecified atom stereocenters. The fourth-order valence-corrected chi connectivity index (χ4v) is 1.73. The van der Waals surface area contributed by atoms with Crippen molar-refractivity contribution in [3.63, 3.8) is 0 Å². The molecule has 3 rings (SSSR count). The van der Waals surface area contributed by atoms with E-state index in [2.05, 4.69) is 15.3 Å². The largest absolute Gasteiger partial charge is 0.240 e. The van der Waals surface area contributed by atoms with Crippen LogP contribution in [-0.2, 0) is 0 Å². The summed E-state index contributed by atoms with van der Waals surface area (Å²) in [7, 11) is 0. The average Bonchev–Trinajstić information content (AvgIpc) is 2.96. The molecule has 2 aromatic heterocycles. The molecule has 0 saturated heterocycles. The first-order valence-electron chi connectivity index (χ1n) is 5.98. The molecule has 0 amide bonds. The monoisotopic (exact) mass is 248 g/mol. The summed E-state index contributed by atoms with van der Waals surface area (Å²) in [5.74, 6) is 0. The lowest BCUT2D eigenvalue weighted by atomic mass is 10.2. The topological polar surface area (TPSA) is 43.6 Å². The first-order chi connectivity index (χ1) is 9.42. The average molecular weight is 248 g/mol. The van der Waals surface area contributed by atoms with Gasteiger partial charge in [0.05, 0.1) is 23.8 Å². The Kier molecular flexibility index (Phi) is 3.14. The molecule has 0 fully saturated rings. The van der Waals surface area contributed by atoms with Gasteiger partial charge in [0.25, 0.3) is 0 Å². The number of rotatable bonds is 3. The Balaban J connectivity index is 1.81. The van der Waals surface area contributed by atoms with E-state index in [1.165, 1.54) is 0 Å². The van der Waals surface area contributed by atoms with Crippen molar-refractivity contribution in [1.29, 1.82) is 0 Å². The highest BCUT2D eigenvalue weighted by molar-refractivity contribution is 5.67. The van der Waals surface area contributed by atoms with Gasteiger partial charge in [-0.05, 0) is 35.9 Å². The van der Waals surface area contributed by atoms with E-state index in [1.54, 1.807) is 12.4 Å². The highest BCUT2D eigenvalue weighted by Gasteiger charge is 1.97. The molecule has 0 saturated carbocycles. The normalized spacial score (nSPS) is 10.9. The first kappa shape index (κ1) is 11.3. The molecule has 0 aliphatic carbocycles. The molecular formula is C15H12N4. The third-order valence-corrected chi connectivity index (χ3v) is 2.68. The molecule has 2 heterocycles. The van der Waals surface area contributed by atoms with Gasteiger partial charge in [-0.1, -0.05) is 24.3 Å². The van der Waals surface area contributed by atoms with Crippen LogP contribution in [0.15, 0.2) is 61.1 Å². The van der Waals surface area contributed by atoms with Crippen LogP contribution in [0.3, 0.4) is 0 Å². The second kappa shape index (κ2) is 5.27. The van der Waals surface area contributed by atoms with Crippen LogP contribution in [0, 0.1) is 0 Å². The van der Waals surface area contributed by atoms with E-state index in [0.717, 1.165) is 16.9 Å². The zero-order valence-corrected chi connectivity index (χ0v) is 10.2. The molecule has 0 spiro atoms. The summed E-state index contributed by atoms with van der Waals surface area (Å²) in [4.78, 5) is 0. The molecule has 4 heteroatoms. The third kappa shape index (κ3) is 2.74. The van der Waals surface area contributed by atoms with Gasteiger partial charge < -0.3 is 0 Å². The summed E-state index contributed by atoms with van der Waals surface area (Å²) in [5, 5.41) is 12.1. The van der Waals surface area contributed by atoms with E-state index in [4.69, 9.17) is 0 Å². The number of benzene rings is 1. The second-order valence-corrected chi connectivity index (χ2v) is 4.03. The minimum Gasteiger partial charge on any atom is -0.240 e. The fourth-order valence-electron chi connectivity index (χ4n) is 1.73. The lowest BCUT2D eigenvalue weighted by molar-refractivity contribution is 0.876. The van der Waals surface area contributed by atoms with E-state index in [9.17, 15) is 0 Å². The van der Waals surface area contributed by atoms with Crippen molar-refractivity contribution in [3.05, 3.63) is 72.3 Å². The molecule has 92 valence electrons. The smallest absolute Gasteiger partial charge is 0.0855 e. The van der Waals surface area contributed by atoms with Crippen LogP contribution in [0.25, 0.3) is 17.8 Å². The molecular weight excluding hydrogens is 236 g/mol. The van der Waals surface area contributed by atoms with Crippen LogP contribution < -0.4 is 0 Å². The zero-order chi connectivity index (χ0) is 12.9. The van der Waals surface area contributed by atoms with E-state index in [1.807, 2.05) is 65.5 Å². The Morgan fingerprint density at radius 2 is 1.79 bits per heavy atom. The Bertz CT molecular complexity index is 672. The van der Waals surface area contributed by atoms with Gasteiger partial charge in [0.15, 0.2) is 0 Å². The van der Waals surface area contributed by atoms with Gasteiger partial charge in [0, 0.05) is 6.20 Å². The zero-order valence-electron chi connectivity index (χ0n) is 10.2. The number of hydrogen-bond acceptors (Lipinski definition) is 3. The molecule has 0 N–H and O–H groups in total. The molecule has 0 aliphatic rings. The van der Waals surface area contributed by atoms with Gasteiger partial charge in [-0.15, -0.1) is 0 Å². The predicted octanol–water partition coefficient (Wildman–Crippen LogP) is 2.83. The van der Waals surface area contributed by atoms with Crippen LogP contribution in [0.4, 0.5) is 0 Å². The van der Waals surface area contributed by atoms with Crippen molar-refractivity contribution < 1.29 is 0 Å². The lowest BCUT2D eigenvalue weighted by Gasteiger charge is -1.98. The van der Waals surface area contributed by atoms with E-state index >= 15 is 0 Å². The van der Waals surface area contributed by atoms with Crippen LogP contribution in [-0.4, -0.2) is 20.0 Å². The van der Waals surface area contributed by atoms with Gasteiger partial charge in [-0.3, -0.25) is 0 Å². The van der Waals surface area contributed by atoms with Crippen LogP contribution in [0.1, 0.15) is 11.3 Å². The molecule has 0 radical (unpaired) electrons. The molecule has 0 aliphatic heterocycles.